The SMILES string of the molecule is COc1ccc([N+](=O)[O-])cc1NC(=O)Nc1ccc(C(=O)OCC(C)C)cc1. The quantitative estimate of drug-likeness (QED) is 0.420. The van der Waals surface area contributed by atoms with Crippen LogP contribution in [-0.2, 0) is 4.74 Å². The van der Waals surface area contributed by atoms with Gasteiger partial charge in [0, 0.05) is 17.8 Å². The highest BCUT2D eigenvalue weighted by Gasteiger charge is 2.14. The molecule has 9 nitrogen and oxygen atoms in total. The molecule has 148 valence electrons. The van der Waals surface area contributed by atoms with Crippen LogP contribution in [0.25, 0.3) is 0 Å². The highest BCUT2D eigenvalue weighted by atomic mass is 16.6. The number of nitro groups is 1. The zero-order valence-corrected chi connectivity index (χ0v) is 15.7. The third-order valence-corrected chi connectivity index (χ3v) is 3.57. The molecular formula is C19H21N3O6. The maximum Gasteiger partial charge on any atom is 0.338 e. The Morgan fingerprint density at radius 1 is 1.11 bits per heavy atom. The third-order valence-electron chi connectivity index (χ3n) is 3.57. The lowest BCUT2D eigenvalue weighted by molar-refractivity contribution is -0.384. The second-order valence-corrected chi connectivity index (χ2v) is 6.29. The smallest absolute Gasteiger partial charge is 0.338 e. The Kier molecular flexibility index (Phi) is 6.91. The summed E-state index contributed by atoms with van der Waals surface area (Å²) in [5.41, 5.74) is 0.776. The summed E-state index contributed by atoms with van der Waals surface area (Å²) in [6, 6.07) is 9.43. The molecule has 2 aromatic rings. The van der Waals surface area contributed by atoms with E-state index < -0.39 is 16.9 Å². The fourth-order valence-corrected chi connectivity index (χ4v) is 2.21. The number of nitrogens with zero attached hydrogens (tertiary/aromatic N) is 1. The van der Waals surface area contributed by atoms with Crippen LogP contribution in [0.3, 0.4) is 0 Å². The number of ether oxygens (including phenoxy) is 2. The second kappa shape index (κ2) is 9.36. The minimum absolute atomic E-state index is 0.156. The molecule has 9 heteroatoms. The molecule has 0 bridgehead atoms. The van der Waals surface area contributed by atoms with Crippen LogP contribution in [0.5, 0.6) is 5.75 Å². The molecule has 0 aliphatic rings. The zero-order valence-electron chi connectivity index (χ0n) is 15.7. The number of hydrogen-bond acceptors (Lipinski definition) is 6. The summed E-state index contributed by atoms with van der Waals surface area (Å²) in [6.45, 7) is 4.21. The van der Waals surface area contributed by atoms with Crippen molar-refractivity contribution in [3.63, 3.8) is 0 Å². The number of carbonyl (C=O) groups excluding carboxylic acids is 2. The van der Waals surface area contributed by atoms with E-state index >= 15 is 0 Å². The van der Waals surface area contributed by atoms with Crippen molar-refractivity contribution in [1.82, 2.24) is 0 Å². The van der Waals surface area contributed by atoms with Crippen molar-refractivity contribution >= 4 is 29.1 Å². The van der Waals surface area contributed by atoms with E-state index in [0.29, 0.717) is 17.9 Å². The number of non-ortho nitro benzene ring substituents is 1. The Morgan fingerprint density at radius 3 is 2.36 bits per heavy atom. The van der Waals surface area contributed by atoms with Gasteiger partial charge in [-0.3, -0.25) is 10.1 Å². The van der Waals surface area contributed by atoms with Gasteiger partial charge in [0.25, 0.3) is 5.69 Å². The summed E-state index contributed by atoms with van der Waals surface area (Å²) < 4.78 is 10.2. The Balaban J connectivity index is 2.02. The molecule has 0 spiro atoms. The number of benzene rings is 2. The zero-order chi connectivity index (χ0) is 20.7. The number of methoxy groups -OCH3 is 1. The van der Waals surface area contributed by atoms with Gasteiger partial charge in [-0.25, -0.2) is 9.59 Å². The molecule has 2 amide bonds. The summed E-state index contributed by atoms with van der Waals surface area (Å²) in [5, 5.41) is 16.0. The van der Waals surface area contributed by atoms with Crippen molar-refractivity contribution < 1.29 is 24.0 Å². The van der Waals surface area contributed by atoms with E-state index in [2.05, 4.69) is 10.6 Å². The van der Waals surface area contributed by atoms with Gasteiger partial charge in [-0.05, 0) is 36.2 Å². The fraction of sp³-hybridized carbons (Fsp3) is 0.263. The molecule has 2 rings (SSSR count). The Bertz CT molecular complexity index is 864. The number of nitro benzene ring substituents is 1. The molecule has 0 aliphatic heterocycles. The van der Waals surface area contributed by atoms with Gasteiger partial charge in [0.15, 0.2) is 0 Å². The van der Waals surface area contributed by atoms with Crippen molar-refractivity contribution in [2.24, 2.45) is 5.92 Å². The van der Waals surface area contributed by atoms with E-state index in [1.54, 1.807) is 12.1 Å². The molecule has 2 aromatic carbocycles. The lowest BCUT2D eigenvalue weighted by atomic mass is 10.2. The lowest BCUT2D eigenvalue weighted by Crippen LogP contribution is -2.20. The molecule has 0 fully saturated rings. The Labute approximate surface area is 161 Å². The first-order chi connectivity index (χ1) is 13.3. The molecule has 0 unspecified atom stereocenters. The molecule has 0 saturated carbocycles. The number of amides is 2. The van der Waals surface area contributed by atoms with Crippen LogP contribution in [-0.4, -0.2) is 30.6 Å². The number of carbonyl (C=O) groups is 2. The van der Waals surface area contributed by atoms with Crippen LogP contribution >= 0.6 is 0 Å². The minimum atomic E-state index is -0.617. The molecule has 0 heterocycles. The van der Waals surface area contributed by atoms with Crippen molar-refractivity contribution in [3.8, 4) is 5.75 Å². The maximum atomic E-state index is 12.2. The number of hydrogen-bond donors (Lipinski definition) is 2. The van der Waals surface area contributed by atoms with Gasteiger partial charge >= 0.3 is 12.0 Å². The topological polar surface area (TPSA) is 120 Å². The van der Waals surface area contributed by atoms with Crippen LogP contribution in [0.1, 0.15) is 24.2 Å². The van der Waals surface area contributed by atoms with E-state index in [-0.39, 0.29) is 23.0 Å². The average molecular weight is 387 g/mol. The van der Waals surface area contributed by atoms with Crippen LogP contribution in [0.2, 0.25) is 0 Å². The van der Waals surface area contributed by atoms with Crippen LogP contribution in [0.4, 0.5) is 21.9 Å². The lowest BCUT2D eigenvalue weighted by Gasteiger charge is -2.11. The molecule has 0 aromatic heterocycles. The maximum absolute atomic E-state index is 12.2. The van der Waals surface area contributed by atoms with E-state index in [9.17, 15) is 19.7 Å². The van der Waals surface area contributed by atoms with Gasteiger partial charge in [0.1, 0.15) is 5.75 Å². The van der Waals surface area contributed by atoms with E-state index in [0.717, 1.165) is 0 Å². The summed E-state index contributed by atoms with van der Waals surface area (Å²) in [5.74, 6) is 0.0782. The highest BCUT2D eigenvalue weighted by molar-refractivity contribution is 6.01. The average Bonchev–Trinajstić information content (AvgIpc) is 2.66. The Hall–Kier alpha value is -3.62. The van der Waals surface area contributed by atoms with Gasteiger partial charge in [-0.2, -0.15) is 0 Å². The number of rotatable bonds is 7. The first kappa shape index (κ1) is 20.7. The van der Waals surface area contributed by atoms with Gasteiger partial charge < -0.3 is 20.1 Å². The molecule has 0 radical (unpaired) electrons. The monoisotopic (exact) mass is 387 g/mol. The summed E-state index contributed by atoms with van der Waals surface area (Å²) >= 11 is 0. The normalized spacial score (nSPS) is 10.3. The third kappa shape index (κ3) is 5.70. The van der Waals surface area contributed by atoms with Gasteiger partial charge in [-0.1, -0.05) is 13.8 Å². The van der Waals surface area contributed by atoms with E-state index in [1.165, 1.54) is 37.4 Å². The van der Waals surface area contributed by atoms with Gasteiger partial charge in [0.2, 0.25) is 0 Å². The highest BCUT2D eigenvalue weighted by Crippen LogP contribution is 2.29. The molecule has 2 N–H and O–H groups in total. The second-order valence-electron chi connectivity index (χ2n) is 6.29. The number of urea groups is 1. The first-order valence-electron chi connectivity index (χ1n) is 8.47. The van der Waals surface area contributed by atoms with Crippen LogP contribution in [0.15, 0.2) is 42.5 Å². The summed E-state index contributed by atoms with van der Waals surface area (Å²) in [6.07, 6.45) is 0. The molecule has 28 heavy (non-hydrogen) atoms. The van der Waals surface area contributed by atoms with Crippen LogP contribution < -0.4 is 15.4 Å². The summed E-state index contributed by atoms with van der Waals surface area (Å²) in [7, 11) is 1.39. The van der Waals surface area contributed by atoms with Crippen molar-refractivity contribution in [1.29, 1.82) is 0 Å². The molecule has 0 saturated heterocycles. The largest absolute Gasteiger partial charge is 0.495 e. The number of nitrogens with one attached hydrogen (secondary N) is 2. The minimum Gasteiger partial charge on any atom is -0.495 e. The fourth-order valence-electron chi connectivity index (χ4n) is 2.21. The predicted molar refractivity (Wildman–Crippen MR) is 104 cm³/mol. The predicted octanol–water partition coefficient (Wildman–Crippen LogP) is 4.06. The first-order valence-corrected chi connectivity index (χ1v) is 8.47. The Morgan fingerprint density at radius 2 is 1.79 bits per heavy atom. The molecule has 0 atom stereocenters. The van der Waals surface area contributed by atoms with Crippen molar-refractivity contribution in [2.75, 3.05) is 24.4 Å². The van der Waals surface area contributed by atoms with Gasteiger partial charge in [-0.15, -0.1) is 0 Å². The summed E-state index contributed by atoms with van der Waals surface area (Å²) in [4.78, 5) is 34.4. The van der Waals surface area contributed by atoms with Crippen LogP contribution in [0, 0.1) is 16.0 Å². The van der Waals surface area contributed by atoms with Crippen molar-refractivity contribution in [3.05, 3.63) is 58.1 Å². The number of esters is 1. The van der Waals surface area contributed by atoms with Crippen molar-refractivity contribution in [2.45, 2.75) is 13.8 Å². The molecule has 0 aliphatic carbocycles. The molecular weight excluding hydrogens is 366 g/mol. The number of anilines is 2. The van der Waals surface area contributed by atoms with E-state index in [1.807, 2.05) is 13.8 Å². The van der Waals surface area contributed by atoms with E-state index in [4.69, 9.17) is 9.47 Å². The van der Waals surface area contributed by atoms with Gasteiger partial charge in [0.05, 0.1) is 29.9 Å². The standard InChI is InChI=1S/C19H21N3O6/c1-12(2)11-28-18(23)13-4-6-14(7-5-13)20-19(24)21-16-10-15(22(25)26)8-9-17(16)27-3/h4-10,12H,11H2,1-3H3,(H2,20,21,24).